The normalized spacial score (nSPS) is 22.9. The number of anilines is 2. The molecule has 6 nitrogen and oxygen atoms in total. The minimum Gasteiger partial charge on any atom is -0.367 e. The van der Waals surface area contributed by atoms with Gasteiger partial charge in [0.05, 0.1) is 6.20 Å². The number of aromatic nitrogens is 3. The van der Waals surface area contributed by atoms with E-state index in [0.29, 0.717) is 5.82 Å². The van der Waals surface area contributed by atoms with Gasteiger partial charge < -0.3 is 15.1 Å². The van der Waals surface area contributed by atoms with E-state index in [9.17, 15) is 0 Å². The third kappa shape index (κ3) is 2.70. The Balaban J connectivity index is 1.74. The lowest BCUT2D eigenvalue weighted by molar-refractivity contribution is 0.293. The maximum atomic E-state index is 5.46. The average molecular weight is 274 g/mol. The summed E-state index contributed by atoms with van der Waals surface area (Å²) in [6, 6.07) is 0. The Morgan fingerprint density at radius 3 is 3.15 bits per heavy atom. The van der Waals surface area contributed by atoms with Crippen LogP contribution < -0.4 is 16.6 Å². The molecule has 0 bridgehead atoms. The second-order valence-electron chi connectivity index (χ2n) is 5.80. The Morgan fingerprint density at radius 2 is 2.35 bits per heavy atom. The predicted molar refractivity (Wildman–Crippen MR) is 80.4 cm³/mol. The fraction of sp³-hybridized carbons (Fsp3) is 0.571. The molecule has 0 radical (unpaired) electrons. The van der Waals surface area contributed by atoms with Crippen molar-refractivity contribution in [2.24, 2.45) is 17.7 Å². The van der Waals surface area contributed by atoms with Crippen LogP contribution in [0, 0.1) is 11.8 Å². The Morgan fingerprint density at radius 1 is 1.45 bits per heavy atom. The third-order valence-electron chi connectivity index (χ3n) is 4.13. The van der Waals surface area contributed by atoms with Gasteiger partial charge in [-0.3, -0.25) is 0 Å². The largest absolute Gasteiger partial charge is 0.367 e. The summed E-state index contributed by atoms with van der Waals surface area (Å²) in [5.74, 6) is 8.46. The molecule has 2 atom stereocenters. The Kier molecular flexibility index (Phi) is 3.73. The van der Waals surface area contributed by atoms with Gasteiger partial charge in [-0.1, -0.05) is 19.8 Å². The van der Waals surface area contributed by atoms with E-state index in [1.807, 2.05) is 16.8 Å². The summed E-state index contributed by atoms with van der Waals surface area (Å²) in [5.41, 5.74) is 3.44. The summed E-state index contributed by atoms with van der Waals surface area (Å²) in [6.07, 6.45) is 10.8. The van der Waals surface area contributed by atoms with Crippen LogP contribution in [0.4, 0.5) is 11.6 Å². The van der Waals surface area contributed by atoms with Crippen LogP contribution >= 0.6 is 0 Å². The minimum absolute atomic E-state index is 0.634. The van der Waals surface area contributed by atoms with Crippen molar-refractivity contribution >= 4 is 17.3 Å². The Labute approximate surface area is 118 Å². The molecule has 20 heavy (non-hydrogen) atoms. The van der Waals surface area contributed by atoms with Crippen molar-refractivity contribution in [3.8, 4) is 0 Å². The van der Waals surface area contributed by atoms with Crippen molar-refractivity contribution < 1.29 is 0 Å². The second kappa shape index (κ2) is 5.66. The quantitative estimate of drug-likeness (QED) is 0.588. The van der Waals surface area contributed by atoms with E-state index in [4.69, 9.17) is 5.84 Å². The third-order valence-corrected chi connectivity index (χ3v) is 4.13. The lowest BCUT2D eigenvalue weighted by atomic mass is 9.82. The number of nitrogen functional groups attached to an aromatic ring is 1. The van der Waals surface area contributed by atoms with Gasteiger partial charge in [0.25, 0.3) is 0 Å². The number of hydrogen-bond donors (Lipinski definition) is 3. The van der Waals surface area contributed by atoms with Crippen molar-refractivity contribution in [2.45, 2.75) is 32.6 Å². The smallest absolute Gasteiger partial charge is 0.180 e. The molecule has 2 unspecified atom stereocenters. The minimum atomic E-state index is 0.634. The average Bonchev–Trinajstić information content (AvgIpc) is 2.93. The molecule has 0 aliphatic heterocycles. The van der Waals surface area contributed by atoms with Gasteiger partial charge in [0, 0.05) is 18.9 Å². The summed E-state index contributed by atoms with van der Waals surface area (Å²) < 4.78 is 1.92. The molecule has 3 rings (SSSR count). The highest BCUT2D eigenvalue weighted by Gasteiger charge is 2.19. The Hall–Kier alpha value is -1.82. The Bertz CT molecular complexity index is 578. The monoisotopic (exact) mass is 274 g/mol. The molecule has 0 spiro atoms. The van der Waals surface area contributed by atoms with Gasteiger partial charge in [0.2, 0.25) is 0 Å². The molecular formula is C14H22N6. The molecule has 2 heterocycles. The molecule has 1 saturated carbocycles. The maximum absolute atomic E-state index is 5.46. The molecule has 0 saturated heterocycles. The molecular weight excluding hydrogens is 252 g/mol. The molecule has 0 amide bonds. The predicted octanol–water partition coefficient (Wildman–Crippen LogP) is 2.25. The van der Waals surface area contributed by atoms with E-state index in [-0.39, 0.29) is 0 Å². The molecule has 0 aromatic carbocycles. The van der Waals surface area contributed by atoms with E-state index >= 15 is 0 Å². The number of nitrogens with one attached hydrogen (secondary N) is 2. The maximum Gasteiger partial charge on any atom is 0.180 e. The first kappa shape index (κ1) is 13.2. The lowest BCUT2D eigenvalue weighted by Gasteiger charge is -2.27. The SMILES string of the molecule is CC1CCCC(CNc2nc(NN)cn3ccnc23)C1. The van der Waals surface area contributed by atoms with Crippen molar-refractivity contribution in [2.75, 3.05) is 17.3 Å². The molecule has 1 aliphatic rings. The first-order valence-corrected chi connectivity index (χ1v) is 7.30. The van der Waals surface area contributed by atoms with Crippen LogP contribution in [-0.4, -0.2) is 20.9 Å². The van der Waals surface area contributed by atoms with Crippen LogP contribution in [-0.2, 0) is 0 Å². The molecule has 1 fully saturated rings. The number of hydrogen-bond acceptors (Lipinski definition) is 5. The van der Waals surface area contributed by atoms with Gasteiger partial charge in [-0.15, -0.1) is 0 Å². The van der Waals surface area contributed by atoms with Gasteiger partial charge in [0.15, 0.2) is 17.3 Å². The zero-order valence-corrected chi connectivity index (χ0v) is 11.8. The fourth-order valence-corrected chi connectivity index (χ4v) is 3.11. The number of imidazole rings is 1. The summed E-state index contributed by atoms with van der Waals surface area (Å²) in [4.78, 5) is 8.81. The molecule has 4 N–H and O–H groups in total. The van der Waals surface area contributed by atoms with E-state index in [1.165, 1.54) is 25.7 Å². The van der Waals surface area contributed by atoms with Crippen LogP contribution in [0.15, 0.2) is 18.6 Å². The van der Waals surface area contributed by atoms with Crippen molar-refractivity contribution in [3.05, 3.63) is 18.6 Å². The second-order valence-corrected chi connectivity index (χ2v) is 5.80. The zero-order valence-electron chi connectivity index (χ0n) is 11.8. The highest BCUT2D eigenvalue weighted by atomic mass is 15.3. The van der Waals surface area contributed by atoms with Crippen molar-refractivity contribution in [1.82, 2.24) is 14.4 Å². The number of hydrazine groups is 1. The summed E-state index contributed by atoms with van der Waals surface area (Å²) in [5, 5.41) is 3.45. The van der Waals surface area contributed by atoms with Crippen LogP contribution in [0.25, 0.3) is 5.65 Å². The van der Waals surface area contributed by atoms with E-state index in [1.54, 1.807) is 6.20 Å². The van der Waals surface area contributed by atoms with Crippen LogP contribution in [0.3, 0.4) is 0 Å². The summed E-state index contributed by atoms with van der Waals surface area (Å²) in [7, 11) is 0. The molecule has 1 aliphatic carbocycles. The topological polar surface area (TPSA) is 80.3 Å². The van der Waals surface area contributed by atoms with Crippen molar-refractivity contribution in [1.29, 1.82) is 0 Å². The summed E-state index contributed by atoms with van der Waals surface area (Å²) >= 11 is 0. The van der Waals surface area contributed by atoms with Crippen molar-refractivity contribution in [3.63, 3.8) is 0 Å². The first-order valence-electron chi connectivity index (χ1n) is 7.30. The molecule has 2 aromatic rings. The highest BCUT2D eigenvalue weighted by molar-refractivity contribution is 5.65. The molecule has 2 aromatic heterocycles. The first-order chi connectivity index (χ1) is 9.76. The van der Waals surface area contributed by atoms with Gasteiger partial charge >= 0.3 is 0 Å². The van der Waals surface area contributed by atoms with Crippen LogP contribution in [0.2, 0.25) is 0 Å². The molecule has 6 heteroatoms. The highest BCUT2D eigenvalue weighted by Crippen LogP contribution is 2.29. The van der Waals surface area contributed by atoms with Gasteiger partial charge in [-0.2, -0.15) is 0 Å². The summed E-state index contributed by atoms with van der Waals surface area (Å²) in [6.45, 7) is 3.30. The lowest BCUT2D eigenvalue weighted by Crippen LogP contribution is -2.22. The van der Waals surface area contributed by atoms with Gasteiger partial charge in [-0.05, 0) is 24.7 Å². The standard InChI is InChI=1S/C14H22N6/c1-10-3-2-4-11(7-10)8-17-13-14-16-5-6-20(14)9-12(18-13)19-15/h5-6,9-11,19H,2-4,7-8,15H2,1H3,(H,17,18). The van der Waals surface area contributed by atoms with E-state index < -0.39 is 0 Å². The number of rotatable bonds is 4. The van der Waals surface area contributed by atoms with E-state index in [0.717, 1.165) is 29.8 Å². The zero-order chi connectivity index (χ0) is 13.9. The van der Waals surface area contributed by atoms with Crippen LogP contribution in [0.1, 0.15) is 32.6 Å². The van der Waals surface area contributed by atoms with E-state index in [2.05, 4.69) is 27.6 Å². The van der Waals surface area contributed by atoms with Gasteiger partial charge in [-0.25, -0.2) is 15.8 Å². The number of nitrogens with two attached hydrogens (primary N) is 1. The van der Waals surface area contributed by atoms with Crippen LogP contribution in [0.5, 0.6) is 0 Å². The number of nitrogens with zero attached hydrogens (tertiary/aromatic N) is 3. The van der Waals surface area contributed by atoms with Gasteiger partial charge in [0.1, 0.15) is 0 Å². The fourth-order valence-electron chi connectivity index (χ4n) is 3.11. The number of fused-ring (bicyclic) bond motifs is 1. The molecule has 108 valence electrons.